The number of carbonyl (C=O) groups excluding carboxylic acids is 2. The molecule has 0 saturated heterocycles. The summed E-state index contributed by atoms with van der Waals surface area (Å²) in [5, 5.41) is 15.0. The molecule has 9 nitrogen and oxygen atoms in total. The lowest BCUT2D eigenvalue weighted by atomic mass is 9.78. The molecule has 0 fully saturated rings. The maximum absolute atomic E-state index is 13.8. The molecule has 47 heavy (non-hydrogen) atoms. The molecular formula is C38H42N4O5. The number of unbranched alkanes of at least 4 members (excludes halogenated alkanes) is 1. The number of hydrogen-bond donors (Lipinski definition) is 4. The zero-order chi connectivity index (χ0) is 33.1. The van der Waals surface area contributed by atoms with Crippen molar-refractivity contribution in [3.8, 4) is 17.2 Å². The highest BCUT2D eigenvalue weighted by Gasteiger charge is 2.43. The first-order valence-electron chi connectivity index (χ1n) is 16.2. The van der Waals surface area contributed by atoms with Gasteiger partial charge in [-0.1, -0.05) is 30.3 Å². The number of Topliss-reactive ketones (excluding diaryl/α,β-unsaturated/α-hetero) is 1. The number of nitrogens with one attached hydrogen (secondary N) is 2. The number of phenols is 1. The fraction of sp³-hybridized carbons (Fsp3) is 0.316. The van der Waals surface area contributed by atoms with Crippen LogP contribution in [0, 0.1) is 6.92 Å². The molecule has 1 atom stereocenters. The van der Waals surface area contributed by atoms with E-state index in [1.807, 2.05) is 67.7 Å². The van der Waals surface area contributed by atoms with Gasteiger partial charge in [-0.05, 0) is 99.7 Å². The Balaban J connectivity index is 1.19. The van der Waals surface area contributed by atoms with Gasteiger partial charge in [-0.25, -0.2) is 0 Å². The lowest BCUT2D eigenvalue weighted by molar-refractivity contribution is -0.123. The molecule has 3 heterocycles. The molecule has 4 aromatic rings. The van der Waals surface area contributed by atoms with Crippen LogP contribution in [0.25, 0.3) is 10.9 Å². The number of benzene rings is 3. The Hall–Kier alpha value is -5.02. The molecule has 0 bridgehead atoms. The molecule has 6 rings (SSSR count). The van der Waals surface area contributed by atoms with E-state index in [1.165, 1.54) is 5.56 Å². The van der Waals surface area contributed by atoms with E-state index in [4.69, 9.17) is 15.2 Å². The number of ketones is 1. The van der Waals surface area contributed by atoms with E-state index in [0.717, 1.165) is 47.0 Å². The average Bonchev–Trinajstić information content (AvgIpc) is 3.46. The summed E-state index contributed by atoms with van der Waals surface area (Å²) < 4.78 is 11.8. The van der Waals surface area contributed by atoms with Crippen LogP contribution in [0.5, 0.6) is 17.2 Å². The second-order valence-electron chi connectivity index (χ2n) is 12.4. The maximum atomic E-state index is 13.8. The minimum Gasteiger partial charge on any atom is -0.507 e. The van der Waals surface area contributed by atoms with Crippen LogP contribution in [0.15, 0.2) is 84.1 Å². The largest absolute Gasteiger partial charge is 0.507 e. The van der Waals surface area contributed by atoms with E-state index in [0.29, 0.717) is 48.9 Å². The summed E-state index contributed by atoms with van der Waals surface area (Å²) in [5.74, 6) is 0.711. The van der Waals surface area contributed by atoms with Gasteiger partial charge in [0.1, 0.15) is 23.9 Å². The number of allylic oxidation sites excluding steroid dienone is 2. The lowest BCUT2D eigenvalue weighted by Crippen LogP contribution is -2.48. The third-order valence-corrected chi connectivity index (χ3v) is 9.42. The minimum atomic E-state index is -0.492. The number of phenolic OH excluding ortho intramolecular Hbond substituents is 1. The molecule has 5 N–H and O–H groups in total. The van der Waals surface area contributed by atoms with Crippen LogP contribution in [0.2, 0.25) is 0 Å². The molecule has 0 aliphatic carbocycles. The first kappa shape index (κ1) is 31.9. The van der Waals surface area contributed by atoms with Gasteiger partial charge in [0.25, 0.3) is 5.91 Å². The second kappa shape index (κ2) is 13.4. The normalized spacial score (nSPS) is 17.0. The molecule has 1 unspecified atom stereocenters. The van der Waals surface area contributed by atoms with E-state index in [-0.39, 0.29) is 29.6 Å². The number of carbonyl (C=O) groups is 2. The van der Waals surface area contributed by atoms with Gasteiger partial charge in [0.2, 0.25) is 0 Å². The van der Waals surface area contributed by atoms with Crippen LogP contribution in [-0.2, 0) is 23.4 Å². The molecule has 1 aromatic heterocycles. The van der Waals surface area contributed by atoms with Gasteiger partial charge in [-0.2, -0.15) is 0 Å². The van der Waals surface area contributed by atoms with E-state index < -0.39 is 5.54 Å². The van der Waals surface area contributed by atoms with Crippen molar-refractivity contribution in [1.29, 1.82) is 0 Å². The SMILES string of the molecule is CC1=CC(C(=O)c2ccc(OCc3ccccc3)c(C)c2O)=CN2CCc3c([nH]c4ccc(OCC(=O)NCCCCN)cc34)C12C. The van der Waals surface area contributed by atoms with Crippen molar-refractivity contribution >= 4 is 22.6 Å². The molecular weight excluding hydrogens is 592 g/mol. The Kier molecular flexibility index (Phi) is 9.09. The fourth-order valence-electron chi connectivity index (χ4n) is 6.52. The Bertz CT molecular complexity index is 1880. The summed E-state index contributed by atoms with van der Waals surface area (Å²) in [6, 6.07) is 19.1. The summed E-state index contributed by atoms with van der Waals surface area (Å²) in [6.07, 6.45) is 6.32. The van der Waals surface area contributed by atoms with Crippen LogP contribution in [-0.4, -0.2) is 52.9 Å². The predicted octanol–water partition coefficient (Wildman–Crippen LogP) is 5.79. The summed E-state index contributed by atoms with van der Waals surface area (Å²) in [4.78, 5) is 31.9. The molecule has 2 aliphatic rings. The maximum Gasteiger partial charge on any atom is 0.257 e. The molecule has 0 spiro atoms. The zero-order valence-electron chi connectivity index (χ0n) is 27.2. The zero-order valence-corrected chi connectivity index (χ0v) is 27.2. The van der Waals surface area contributed by atoms with Crippen LogP contribution in [0.4, 0.5) is 0 Å². The van der Waals surface area contributed by atoms with Crippen LogP contribution >= 0.6 is 0 Å². The quantitative estimate of drug-likeness (QED) is 0.115. The Morgan fingerprint density at radius 1 is 1.06 bits per heavy atom. The van der Waals surface area contributed by atoms with Gasteiger partial charge >= 0.3 is 0 Å². The first-order chi connectivity index (χ1) is 22.7. The van der Waals surface area contributed by atoms with Gasteiger partial charge in [0.05, 0.1) is 11.1 Å². The Morgan fingerprint density at radius 3 is 2.66 bits per heavy atom. The number of rotatable bonds is 12. The van der Waals surface area contributed by atoms with Gasteiger partial charge < -0.3 is 35.5 Å². The number of aromatic hydroxyl groups is 1. The van der Waals surface area contributed by atoms with Gasteiger partial charge in [0, 0.05) is 47.0 Å². The first-order valence-corrected chi connectivity index (χ1v) is 16.2. The number of nitrogens with two attached hydrogens (primary N) is 1. The molecule has 9 heteroatoms. The third-order valence-electron chi connectivity index (χ3n) is 9.42. The van der Waals surface area contributed by atoms with E-state index in [1.54, 1.807) is 19.1 Å². The number of hydrogen-bond acceptors (Lipinski definition) is 7. The standard InChI is InChI=1S/C38H42N4O5/c1-24-19-27(36(45)30-12-14-33(25(2)35(30)44)47-22-26-9-5-4-6-10-26)21-42-18-15-29-31-20-28(46-23-34(43)40-17-8-7-16-39)11-13-32(31)41-37(29)38(24,42)3/h4-6,9-14,19-21,41,44H,7-8,15-18,22-23,39H2,1-3H3,(H,40,43). The summed E-state index contributed by atoms with van der Waals surface area (Å²) in [5.41, 5.74) is 11.6. The highest BCUT2D eigenvalue weighted by Crippen LogP contribution is 2.46. The third kappa shape index (κ3) is 6.23. The highest BCUT2D eigenvalue weighted by atomic mass is 16.5. The van der Waals surface area contributed by atoms with Crippen molar-refractivity contribution in [2.45, 2.75) is 52.2 Å². The Labute approximate surface area is 275 Å². The fourth-order valence-corrected chi connectivity index (χ4v) is 6.52. The molecule has 0 saturated carbocycles. The van der Waals surface area contributed by atoms with Gasteiger partial charge in [-0.3, -0.25) is 9.59 Å². The summed E-state index contributed by atoms with van der Waals surface area (Å²) in [7, 11) is 0. The number of aromatic nitrogens is 1. The molecule has 3 aromatic carbocycles. The Morgan fingerprint density at radius 2 is 1.87 bits per heavy atom. The number of amides is 1. The minimum absolute atomic E-state index is 0.0474. The average molecular weight is 635 g/mol. The monoisotopic (exact) mass is 634 g/mol. The van der Waals surface area contributed by atoms with Crippen LogP contribution < -0.4 is 20.5 Å². The topological polar surface area (TPSA) is 130 Å². The van der Waals surface area contributed by atoms with Crippen molar-refractivity contribution in [2.24, 2.45) is 5.73 Å². The lowest BCUT2D eigenvalue weighted by Gasteiger charge is -2.47. The number of aromatic amines is 1. The van der Waals surface area contributed by atoms with E-state index >= 15 is 0 Å². The highest BCUT2D eigenvalue weighted by molar-refractivity contribution is 6.12. The molecule has 244 valence electrons. The number of fused-ring (bicyclic) bond motifs is 5. The number of ether oxygens (including phenoxy) is 2. The summed E-state index contributed by atoms with van der Waals surface area (Å²) >= 11 is 0. The molecule has 1 amide bonds. The van der Waals surface area contributed by atoms with E-state index in [2.05, 4.69) is 22.1 Å². The predicted molar refractivity (Wildman–Crippen MR) is 183 cm³/mol. The number of nitrogens with zero attached hydrogens (tertiary/aromatic N) is 1. The van der Waals surface area contributed by atoms with Crippen molar-refractivity contribution in [3.63, 3.8) is 0 Å². The molecule has 0 radical (unpaired) electrons. The van der Waals surface area contributed by atoms with E-state index in [9.17, 15) is 14.7 Å². The molecule has 2 aliphatic heterocycles. The van der Waals surface area contributed by atoms with Crippen molar-refractivity contribution < 1.29 is 24.2 Å². The van der Waals surface area contributed by atoms with Crippen molar-refractivity contribution in [3.05, 3.63) is 112 Å². The van der Waals surface area contributed by atoms with Crippen LogP contribution in [0.1, 0.15) is 59.4 Å². The number of H-pyrrole nitrogens is 1. The van der Waals surface area contributed by atoms with Crippen molar-refractivity contribution in [2.75, 3.05) is 26.2 Å². The smallest absolute Gasteiger partial charge is 0.257 e. The summed E-state index contributed by atoms with van der Waals surface area (Å²) in [6.45, 7) is 8.19. The van der Waals surface area contributed by atoms with Crippen molar-refractivity contribution in [1.82, 2.24) is 15.2 Å². The van der Waals surface area contributed by atoms with Gasteiger partial charge in [0.15, 0.2) is 12.4 Å². The second-order valence-corrected chi connectivity index (χ2v) is 12.4. The van der Waals surface area contributed by atoms with Gasteiger partial charge in [-0.15, -0.1) is 0 Å². The van der Waals surface area contributed by atoms with Crippen LogP contribution in [0.3, 0.4) is 0 Å².